The van der Waals surface area contributed by atoms with Crippen LogP contribution in [-0.4, -0.2) is 43.0 Å². The molecule has 0 fully saturated rings. The van der Waals surface area contributed by atoms with Gasteiger partial charge in [-0.05, 0) is 69.4 Å². The molecule has 0 aromatic heterocycles. The minimum Gasteiger partial charge on any atom is -0.741 e. The summed E-state index contributed by atoms with van der Waals surface area (Å²) in [5.74, 6) is 5.19. The van der Waals surface area contributed by atoms with Gasteiger partial charge in [-0.1, -0.05) is 103 Å². The van der Waals surface area contributed by atoms with E-state index in [0.717, 1.165) is 11.5 Å². The third-order valence-corrected chi connectivity index (χ3v) is 10.9. The maximum Gasteiger partial charge on any atom is 2.00 e. The van der Waals surface area contributed by atoms with E-state index in [-0.39, 0.29) is 30.7 Å². The van der Waals surface area contributed by atoms with Crippen molar-refractivity contribution >= 4 is 23.3 Å². The third-order valence-electron chi connectivity index (χ3n) is 6.77. The fourth-order valence-electron chi connectivity index (χ4n) is 5.27. The first-order chi connectivity index (χ1) is 20.2. The van der Waals surface area contributed by atoms with Crippen LogP contribution in [0.1, 0.15) is 124 Å². The van der Waals surface area contributed by atoms with Crippen molar-refractivity contribution in [3.63, 3.8) is 0 Å². The molecule has 46 heavy (non-hydrogen) atoms. The van der Waals surface area contributed by atoms with Gasteiger partial charge < -0.3 is 26.4 Å². The van der Waals surface area contributed by atoms with Crippen LogP contribution in [0.4, 0.5) is 13.2 Å². The van der Waals surface area contributed by atoms with Crippen molar-refractivity contribution in [2.24, 2.45) is 0 Å². The molecule has 264 valence electrons. The van der Waals surface area contributed by atoms with E-state index in [0.29, 0.717) is 17.8 Å². The van der Waals surface area contributed by atoms with Crippen molar-refractivity contribution in [3.8, 4) is 28.5 Å². The monoisotopic (exact) mass is 778 g/mol. The smallest absolute Gasteiger partial charge is 0.741 e. The van der Waals surface area contributed by atoms with Crippen molar-refractivity contribution in [2.75, 3.05) is 14.2 Å². The molecule has 2 rings (SSSR count). The van der Waals surface area contributed by atoms with Crippen LogP contribution in [0.3, 0.4) is 0 Å². The van der Waals surface area contributed by atoms with Gasteiger partial charge in [0.2, 0.25) is 0 Å². The van der Waals surface area contributed by atoms with Crippen LogP contribution in [0.25, 0.3) is 11.1 Å². The summed E-state index contributed by atoms with van der Waals surface area (Å²) in [7, 11) is -3.10. The Bertz CT molecular complexity index is 1370. The molecule has 0 amide bonds. The molecule has 0 aliphatic rings. The van der Waals surface area contributed by atoms with Crippen molar-refractivity contribution < 1.29 is 56.0 Å². The maximum atomic E-state index is 10.7. The van der Waals surface area contributed by atoms with E-state index in [2.05, 4.69) is 107 Å². The fourth-order valence-corrected chi connectivity index (χ4v) is 9.46. The number of rotatable bonds is 7. The van der Waals surface area contributed by atoms with Crippen LogP contribution in [-0.2, 0) is 30.5 Å². The normalized spacial score (nSPS) is 12.1. The van der Waals surface area contributed by atoms with Gasteiger partial charge in [-0.15, -0.1) is 0 Å². The van der Waals surface area contributed by atoms with Gasteiger partial charge in [-0.2, -0.15) is 13.2 Å². The third kappa shape index (κ3) is 12.4. The Labute approximate surface area is 292 Å². The van der Waals surface area contributed by atoms with Crippen LogP contribution in [0.15, 0.2) is 24.3 Å². The zero-order chi connectivity index (χ0) is 35.9. The van der Waals surface area contributed by atoms with Gasteiger partial charge in [-0.3, -0.25) is 0 Å². The van der Waals surface area contributed by atoms with E-state index in [1.165, 1.54) is 33.1 Å². The Morgan fingerprint density at radius 2 is 1.11 bits per heavy atom. The number of hydrogen-bond acceptors (Lipinski definition) is 5. The van der Waals surface area contributed by atoms with Crippen molar-refractivity contribution in [1.82, 2.24) is 0 Å². The van der Waals surface area contributed by atoms with Crippen molar-refractivity contribution in [2.45, 2.75) is 124 Å². The molecular weight excluding hydrogens is 727 g/mol. The van der Waals surface area contributed by atoms with E-state index in [1.807, 2.05) is 13.0 Å². The summed E-state index contributed by atoms with van der Waals surface area (Å²) in [5.41, 5.74) is 1.16. The molecule has 0 unspecified atom stereocenters. The summed E-state index contributed by atoms with van der Waals surface area (Å²) in [5, 5.41) is 1.52. The van der Waals surface area contributed by atoms with Gasteiger partial charge in [-0.25, -0.2) is 8.42 Å². The molecule has 2 aromatic rings. The molecule has 0 atom stereocenters. The number of ether oxygens (including phenoxy) is 2. The zero-order valence-electron chi connectivity index (χ0n) is 29.9. The zero-order valence-corrected chi connectivity index (χ0v) is 33.2. The van der Waals surface area contributed by atoms with E-state index in [1.54, 1.807) is 14.0 Å². The van der Waals surface area contributed by atoms with Crippen LogP contribution in [0.5, 0.6) is 11.5 Å². The molecule has 0 aliphatic carbocycles. The Morgan fingerprint density at radius 1 is 0.783 bits per heavy atom. The topological polar surface area (TPSA) is 75.7 Å². The van der Waals surface area contributed by atoms with Gasteiger partial charge in [0.15, 0.2) is 10.1 Å². The standard InChI is InChI=1S/C31H49O2P.C3H3.CHF3O3S.Pd/c1-19(2)22-17-23(20(3)4)27(24(18-22)21(5)6)28-25(32-13)15-16-26(33-14)29(28)34(30(7,8)9)31(10,11)12;1-3-2;2-1(3,4)8(5,6)7;/h15-21H,1-14H3;1H3;(H,5,6,7);/q;-1;;+2/p-1. The van der Waals surface area contributed by atoms with Gasteiger partial charge >= 0.3 is 25.9 Å². The number of hydrogen-bond donors (Lipinski definition) is 0. The number of halogens is 3. The minimum atomic E-state index is -6.09. The largest absolute Gasteiger partial charge is 2.00 e. The molecule has 0 aliphatic heterocycles. The Balaban J connectivity index is 0. The maximum absolute atomic E-state index is 10.7. The van der Waals surface area contributed by atoms with E-state index in [9.17, 15) is 13.2 Å². The van der Waals surface area contributed by atoms with Gasteiger partial charge in [0.25, 0.3) is 0 Å². The molecule has 0 N–H and O–H groups in total. The molecule has 0 heterocycles. The molecule has 0 radical (unpaired) electrons. The minimum absolute atomic E-state index is 0. The van der Waals surface area contributed by atoms with Gasteiger partial charge in [0.1, 0.15) is 11.5 Å². The molecule has 5 nitrogen and oxygen atoms in total. The van der Waals surface area contributed by atoms with E-state index < -0.39 is 23.5 Å². The number of benzene rings is 2. The Morgan fingerprint density at radius 3 is 1.35 bits per heavy atom. The SMILES string of the molecule is COc1ccc(OC)c(P(C(C)(C)C)C(C)(C)C)c1-c1c(C(C)C)cc(C(C)C)cc1C(C)C.O=S(=O)([O-])C(F)(F)F.[C-]#CC.[Pd+2]. The van der Waals surface area contributed by atoms with Crippen molar-refractivity contribution in [3.05, 3.63) is 47.4 Å². The number of methoxy groups -OCH3 is 2. The van der Waals surface area contributed by atoms with Crippen LogP contribution >= 0.6 is 7.92 Å². The van der Waals surface area contributed by atoms with Crippen LogP contribution < -0.4 is 14.8 Å². The second-order valence-corrected chi connectivity index (χ2v) is 18.7. The average Bonchev–Trinajstić information content (AvgIpc) is 2.85. The summed E-state index contributed by atoms with van der Waals surface area (Å²) < 4.78 is 71.1. The quantitative estimate of drug-likeness (QED) is 0.0699. The molecule has 0 saturated carbocycles. The molecular formula is C35H52F3O5PPdS. The van der Waals surface area contributed by atoms with Crippen LogP contribution in [0, 0.1) is 12.3 Å². The Kier molecular flexibility index (Phi) is 18.4. The van der Waals surface area contributed by atoms with Gasteiger partial charge in [0, 0.05) is 10.9 Å². The summed E-state index contributed by atoms with van der Waals surface area (Å²) >= 11 is 0. The molecule has 2 aromatic carbocycles. The van der Waals surface area contributed by atoms with Gasteiger partial charge in [0.05, 0.1) is 14.2 Å². The predicted octanol–water partition coefficient (Wildman–Crippen LogP) is 10.1. The van der Waals surface area contributed by atoms with E-state index in [4.69, 9.17) is 28.9 Å². The second-order valence-electron chi connectivity index (χ2n) is 13.6. The van der Waals surface area contributed by atoms with Crippen molar-refractivity contribution in [1.29, 1.82) is 0 Å². The molecule has 0 saturated heterocycles. The fraction of sp³-hybridized carbons (Fsp3) is 0.600. The first-order valence-electron chi connectivity index (χ1n) is 14.8. The van der Waals surface area contributed by atoms with Crippen LogP contribution in [0.2, 0.25) is 0 Å². The summed E-state index contributed by atoms with van der Waals surface area (Å²) in [6.07, 6.45) is 5.96. The molecule has 11 heteroatoms. The number of alkyl halides is 3. The summed E-state index contributed by atoms with van der Waals surface area (Å²) in [6, 6.07) is 9.09. The molecule has 0 bridgehead atoms. The second kappa shape index (κ2) is 18.2. The molecule has 0 spiro atoms. The summed E-state index contributed by atoms with van der Waals surface area (Å²) in [6.45, 7) is 29.6. The van der Waals surface area contributed by atoms with E-state index >= 15 is 0 Å². The first kappa shape index (κ1) is 46.5. The first-order valence-corrected chi connectivity index (χ1v) is 17.6. The average molecular weight is 779 g/mol. The predicted molar refractivity (Wildman–Crippen MR) is 182 cm³/mol. The Hall–Kier alpha value is -1.61. The summed E-state index contributed by atoms with van der Waals surface area (Å²) in [4.78, 5) is 0.